The van der Waals surface area contributed by atoms with Crippen molar-refractivity contribution in [3.8, 4) is 0 Å². The Bertz CT molecular complexity index is 2010. The number of phosphoric ester groups is 2. The van der Waals surface area contributed by atoms with Crippen LogP contribution in [0.25, 0.3) is 0 Å². The van der Waals surface area contributed by atoms with Crippen LogP contribution in [0.3, 0.4) is 0 Å². The van der Waals surface area contributed by atoms with Crippen molar-refractivity contribution < 1.29 is 80.2 Å². The summed E-state index contributed by atoms with van der Waals surface area (Å²) in [5, 5.41) is 10.7. The van der Waals surface area contributed by atoms with Crippen LogP contribution < -0.4 is 0 Å². The molecule has 17 nitrogen and oxygen atoms in total. The molecule has 0 saturated heterocycles. The van der Waals surface area contributed by atoms with Crippen molar-refractivity contribution >= 4 is 39.5 Å². The lowest BCUT2D eigenvalue weighted by atomic mass is 10.0. The summed E-state index contributed by atoms with van der Waals surface area (Å²) in [6, 6.07) is 0. The van der Waals surface area contributed by atoms with Crippen molar-refractivity contribution in [1.29, 1.82) is 0 Å². The van der Waals surface area contributed by atoms with Crippen LogP contribution in [0.2, 0.25) is 0 Å². The first-order valence-electron chi connectivity index (χ1n) is 43.9. The Morgan fingerprint density at radius 3 is 0.663 bits per heavy atom. The summed E-state index contributed by atoms with van der Waals surface area (Å²) in [6.07, 6.45) is 74.5. The molecule has 0 aromatic heterocycles. The van der Waals surface area contributed by atoms with E-state index in [0.717, 1.165) is 109 Å². The van der Waals surface area contributed by atoms with Crippen molar-refractivity contribution in [1.82, 2.24) is 0 Å². The van der Waals surface area contributed by atoms with Gasteiger partial charge in [-0.3, -0.25) is 37.3 Å². The van der Waals surface area contributed by atoms with E-state index in [1.54, 1.807) is 0 Å². The van der Waals surface area contributed by atoms with Crippen molar-refractivity contribution in [2.45, 2.75) is 470 Å². The first kappa shape index (κ1) is 102. The standard InChI is InChI=1S/C85H164O17P2/c1-5-9-13-17-21-25-29-33-37-39-43-46-50-54-58-62-66-70-83(88)96-76-81(102-85(90)72-68-64-60-56-52-48-44-40-38-34-30-26-22-18-14-10-6-2)78-100-104(93,94)98-74-79(86)73-97-103(91,92)99-77-80(101-84(89)71-67-63-59-55-51-47-42-36-32-28-24-20-16-12-8-4)75-95-82(87)69-65-61-57-53-49-45-41-35-31-27-23-19-15-11-7-3/h35,41,79-81,86H,5-34,36-40,42-78H2,1-4H3,(H,91,92)(H,93,94)/b41-35-/t79-,80-,81-/m1/s1. The Hall–Kier alpha value is -2.20. The molecule has 0 aromatic rings. The van der Waals surface area contributed by atoms with Gasteiger partial charge in [-0.2, -0.15) is 0 Å². The number of carbonyl (C=O) groups excluding carboxylic acids is 4. The van der Waals surface area contributed by atoms with Gasteiger partial charge in [0.1, 0.15) is 19.3 Å². The van der Waals surface area contributed by atoms with Gasteiger partial charge >= 0.3 is 39.5 Å². The zero-order valence-corrected chi connectivity index (χ0v) is 69.5. The monoisotopic (exact) mass is 1520 g/mol. The number of aliphatic hydroxyl groups is 1. The fourth-order valence-corrected chi connectivity index (χ4v) is 14.6. The second-order valence-corrected chi connectivity index (χ2v) is 33.1. The average molecular weight is 1520 g/mol. The predicted octanol–water partition coefficient (Wildman–Crippen LogP) is 25.9. The normalized spacial score (nSPS) is 13.8. The maximum absolute atomic E-state index is 13.1. The summed E-state index contributed by atoms with van der Waals surface area (Å²) >= 11 is 0. The van der Waals surface area contributed by atoms with E-state index in [1.807, 2.05) is 0 Å². The molecule has 0 aliphatic carbocycles. The molecule has 0 heterocycles. The van der Waals surface area contributed by atoms with Crippen molar-refractivity contribution in [2.75, 3.05) is 39.6 Å². The van der Waals surface area contributed by atoms with Crippen LogP contribution in [0, 0.1) is 0 Å². The fraction of sp³-hybridized carbons (Fsp3) is 0.929. The Balaban J connectivity index is 5.29. The molecule has 616 valence electrons. The van der Waals surface area contributed by atoms with Gasteiger partial charge in [0.15, 0.2) is 12.2 Å². The Morgan fingerprint density at radius 1 is 0.260 bits per heavy atom. The van der Waals surface area contributed by atoms with E-state index in [-0.39, 0.29) is 25.7 Å². The van der Waals surface area contributed by atoms with E-state index in [1.165, 1.54) is 263 Å². The van der Waals surface area contributed by atoms with Crippen LogP contribution in [-0.4, -0.2) is 96.7 Å². The topological polar surface area (TPSA) is 237 Å². The van der Waals surface area contributed by atoms with Gasteiger partial charge in [0.2, 0.25) is 0 Å². The molecule has 0 rings (SSSR count). The van der Waals surface area contributed by atoms with Crippen LogP contribution in [0.15, 0.2) is 12.2 Å². The molecule has 0 aliphatic rings. The summed E-state index contributed by atoms with van der Waals surface area (Å²) in [6.45, 7) is 5.04. The molecule has 0 aromatic carbocycles. The van der Waals surface area contributed by atoms with Gasteiger partial charge < -0.3 is 33.8 Å². The van der Waals surface area contributed by atoms with E-state index < -0.39 is 97.5 Å². The van der Waals surface area contributed by atoms with E-state index in [4.69, 9.17) is 37.0 Å². The lowest BCUT2D eigenvalue weighted by Gasteiger charge is -2.21. The number of ether oxygens (including phenoxy) is 4. The molecule has 0 bridgehead atoms. The average Bonchev–Trinajstić information content (AvgIpc) is 0.926. The molecule has 0 fully saturated rings. The number of carbonyl (C=O) groups is 4. The molecule has 104 heavy (non-hydrogen) atoms. The van der Waals surface area contributed by atoms with E-state index in [0.29, 0.717) is 25.7 Å². The zero-order valence-electron chi connectivity index (χ0n) is 67.7. The molecular weight excluding hydrogens is 1350 g/mol. The maximum atomic E-state index is 13.1. The minimum atomic E-state index is -4.97. The highest BCUT2D eigenvalue weighted by Crippen LogP contribution is 2.45. The third-order valence-corrected chi connectivity index (χ3v) is 21.7. The van der Waals surface area contributed by atoms with Crippen molar-refractivity contribution in [2.24, 2.45) is 0 Å². The van der Waals surface area contributed by atoms with Crippen LogP contribution in [-0.2, 0) is 65.4 Å². The van der Waals surface area contributed by atoms with Gasteiger partial charge in [-0.05, 0) is 51.4 Å². The minimum Gasteiger partial charge on any atom is -0.462 e. The number of unbranched alkanes of at least 4 members (excludes halogenated alkanes) is 57. The number of aliphatic hydroxyl groups excluding tert-OH is 1. The molecule has 3 N–H and O–H groups in total. The molecule has 19 heteroatoms. The van der Waals surface area contributed by atoms with Crippen molar-refractivity contribution in [3.63, 3.8) is 0 Å². The quantitative estimate of drug-likeness (QED) is 0.0169. The summed E-state index contributed by atoms with van der Waals surface area (Å²) in [4.78, 5) is 73.2. The number of allylic oxidation sites excluding steroid dienone is 2. The highest BCUT2D eigenvalue weighted by atomic mass is 31.2. The van der Waals surface area contributed by atoms with Crippen LogP contribution in [0.1, 0.15) is 451 Å². The van der Waals surface area contributed by atoms with Gasteiger partial charge in [-0.15, -0.1) is 0 Å². The third-order valence-electron chi connectivity index (χ3n) is 19.8. The molecule has 0 spiro atoms. The molecular formula is C85H164O17P2. The first-order valence-corrected chi connectivity index (χ1v) is 46.9. The Labute approximate surface area is 638 Å². The molecule has 0 aliphatic heterocycles. The lowest BCUT2D eigenvalue weighted by molar-refractivity contribution is -0.161. The number of hydrogen-bond donors (Lipinski definition) is 3. The Morgan fingerprint density at radius 2 is 0.442 bits per heavy atom. The number of hydrogen-bond acceptors (Lipinski definition) is 15. The third kappa shape index (κ3) is 77.9. The molecule has 0 radical (unpaired) electrons. The first-order chi connectivity index (χ1) is 50.7. The molecule has 0 saturated carbocycles. The van der Waals surface area contributed by atoms with Gasteiger partial charge in [0, 0.05) is 25.7 Å². The van der Waals surface area contributed by atoms with Crippen molar-refractivity contribution in [3.05, 3.63) is 12.2 Å². The Kier molecular flexibility index (Phi) is 77.2. The SMILES string of the molecule is CCCCCCCC/C=C\CCCCCCCC(=O)OC[C@H](COP(=O)(O)OC[C@@H](O)COP(=O)(O)OC[C@@H](COC(=O)CCCCCCCCCCCCCCCCCCC)OC(=O)CCCCCCCCCCCCCCCCCCC)OC(=O)CCCCCCCCCCCCCCCCC. The summed E-state index contributed by atoms with van der Waals surface area (Å²) < 4.78 is 68.9. The highest BCUT2D eigenvalue weighted by Gasteiger charge is 2.30. The summed E-state index contributed by atoms with van der Waals surface area (Å²) in [5.74, 6) is -2.11. The smallest absolute Gasteiger partial charge is 0.462 e. The minimum absolute atomic E-state index is 0.105. The maximum Gasteiger partial charge on any atom is 0.472 e. The number of rotatable bonds is 85. The second-order valence-electron chi connectivity index (χ2n) is 30.2. The summed E-state index contributed by atoms with van der Waals surface area (Å²) in [7, 11) is -9.93. The highest BCUT2D eigenvalue weighted by molar-refractivity contribution is 7.47. The van der Waals surface area contributed by atoms with Gasteiger partial charge in [-0.25, -0.2) is 9.13 Å². The lowest BCUT2D eigenvalue weighted by Crippen LogP contribution is -2.30. The number of phosphoric acid groups is 2. The van der Waals surface area contributed by atoms with Crippen LogP contribution >= 0.6 is 15.6 Å². The fourth-order valence-electron chi connectivity index (χ4n) is 13.0. The van der Waals surface area contributed by atoms with E-state index in [9.17, 15) is 43.2 Å². The zero-order chi connectivity index (χ0) is 76.0. The number of esters is 4. The predicted molar refractivity (Wildman–Crippen MR) is 428 cm³/mol. The largest absolute Gasteiger partial charge is 0.472 e. The summed E-state index contributed by atoms with van der Waals surface area (Å²) in [5.41, 5.74) is 0. The second kappa shape index (κ2) is 78.9. The molecule has 2 unspecified atom stereocenters. The van der Waals surface area contributed by atoms with Gasteiger partial charge in [0.05, 0.1) is 26.4 Å². The van der Waals surface area contributed by atoms with Gasteiger partial charge in [0.25, 0.3) is 0 Å². The van der Waals surface area contributed by atoms with Crippen LogP contribution in [0.4, 0.5) is 0 Å². The molecule has 5 atom stereocenters. The van der Waals surface area contributed by atoms with Crippen LogP contribution in [0.5, 0.6) is 0 Å². The van der Waals surface area contributed by atoms with Gasteiger partial charge in [-0.1, -0.05) is 387 Å². The van der Waals surface area contributed by atoms with E-state index >= 15 is 0 Å². The molecule has 0 amide bonds. The van der Waals surface area contributed by atoms with E-state index in [2.05, 4.69) is 39.8 Å².